The molecule has 0 atom stereocenters. The second-order valence-electron chi connectivity index (χ2n) is 3.88. The predicted molar refractivity (Wildman–Crippen MR) is 71.7 cm³/mol. The van der Waals surface area contributed by atoms with Crippen LogP contribution >= 0.6 is 11.8 Å². The third kappa shape index (κ3) is 3.46. The molecule has 1 N–H and O–H groups in total. The van der Waals surface area contributed by atoms with E-state index < -0.39 is 0 Å². The van der Waals surface area contributed by atoms with Gasteiger partial charge in [0.2, 0.25) is 0 Å². The summed E-state index contributed by atoms with van der Waals surface area (Å²) >= 11 is 1.50. The fraction of sp³-hybridized carbons (Fsp3) is 0.417. The Morgan fingerprint density at radius 3 is 2.72 bits per heavy atom. The molecule has 0 aliphatic carbocycles. The average Bonchev–Trinajstić information content (AvgIpc) is 2.72. The highest BCUT2D eigenvalue weighted by Gasteiger charge is 2.06. The number of hydrogen-bond donors (Lipinski definition) is 1. The van der Waals surface area contributed by atoms with Gasteiger partial charge in [0.1, 0.15) is 17.9 Å². The maximum Gasteiger partial charge on any atom is 0.256 e. The summed E-state index contributed by atoms with van der Waals surface area (Å²) in [7, 11) is 0. The van der Waals surface area contributed by atoms with Gasteiger partial charge in [0, 0.05) is 18.3 Å². The Morgan fingerprint density at radius 1 is 1.22 bits per heavy atom. The Kier molecular flexibility index (Phi) is 4.19. The van der Waals surface area contributed by atoms with Gasteiger partial charge >= 0.3 is 0 Å². The summed E-state index contributed by atoms with van der Waals surface area (Å²) in [5, 5.41) is 3.85. The number of thioether (sulfide) groups is 1. The first-order valence-electron chi connectivity index (χ1n) is 5.80. The number of rotatable bonds is 5. The maximum atomic E-state index is 5.27. The normalized spacial score (nSPS) is 10.6. The third-order valence-corrected chi connectivity index (χ3v) is 3.02. The lowest BCUT2D eigenvalue weighted by molar-refractivity contribution is 0.454. The lowest BCUT2D eigenvalue weighted by atomic mass is 10.4. The van der Waals surface area contributed by atoms with Crippen molar-refractivity contribution in [2.24, 2.45) is 0 Å². The minimum Gasteiger partial charge on any atom is -0.440 e. The van der Waals surface area contributed by atoms with Crippen molar-refractivity contribution < 1.29 is 4.42 Å². The number of nitrogens with zero attached hydrogens (tertiary/aromatic N) is 3. The van der Waals surface area contributed by atoms with Crippen molar-refractivity contribution in [3.63, 3.8) is 0 Å². The quantitative estimate of drug-likeness (QED) is 0.838. The van der Waals surface area contributed by atoms with Gasteiger partial charge in [-0.05, 0) is 20.8 Å². The van der Waals surface area contributed by atoms with E-state index in [0.717, 1.165) is 29.6 Å². The van der Waals surface area contributed by atoms with Gasteiger partial charge in [-0.15, -0.1) is 0 Å². The molecule has 0 unspecified atom stereocenters. The molecule has 6 heteroatoms. The Labute approximate surface area is 110 Å². The van der Waals surface area contributed by atoms with Gasteiger partial charge in [-0.2, -0.15) is 0 Å². The van der Waals surface area contributed by atoms with Crippen LogP contribution in [0.4, 0.5) is 5.82 Å². The lowest BCUT2D eigenvalue weighted by Crippen LogP contribution is -2.04. The minimum atomic E-state index is 0.653. The first-order chi connectivity index (χ1) is 8.67. The van der Waals surface area contributed by atoms with Gasteiger partial charge in [-0.1, -0.05) is 11.8 Å². The summed E-state index contributed by atoms with van der Waals surface area (Å²) in [5.41, 5.74) is 1.84. The van der Waals surface area contributed by atoms with E-state index in [9.17, 15) is 0 Å². The zero-order valence-electron chi connectivity index (χ0n) is 10.7. The molecule has 0 aliphatic heterocycles. The van der Waals surface area contributed by atoms with E-state index in [2.05, 4.69) is 20.3 Å². The zero-order valence-corrected chi connectivity index (χ0v) is 11.5. The second-order valence-corrected chi connectivity index (χ2v) is 4.81. The first kappa shape index (κ1) is 12.9. The number of anilines is 1. The molecule has 0 spiro atoms. The van der Waals surface area contributed by atoms with E-state index in [-0.39, 0.29) is 0 Å². The molecule has 0 bridgehead atoms. The van der Waals surface area contributed by atoms with E-state index in [1.165, 1.54) is 11.8 Å². The molecule has 0 aromatic carbocycles. The van der Waals surface area contributed by atoms with Gasteiger partial charge in [0.25, 0.3) is 5.22 Å². The van der Waals surface area contributed by atoms with Crippen LogP contribution in [-0.4, -0.2) is 21.5 Å². The average molecular weight is 264 g/mol. The zero-order chi connectivity index (χ0) is 13.0. The monoisotopic (exact) mass is 264 g/mol. The topological polar surface area (TPSA) is 63.8 Å². The van der Waals surface area contributed by atoms with Gasteiger partial charge < -0.3 is 9.73 Å². The van der Waals surface area contributed by atoms with E-state index in [1.54, 1.807) is 6.26 Å². The van der Waals surface area contributed by atoms with Gasteiger partial charge in [0.05, 0.1) is 11.4 Å². The second kappa shape index (κ2) is 5.86. The van der Waals surface area contributed by atoms with E-state index in [0.29, 0.717) is 11.0 Å². The molecular weight excluding hydrogens is 248 g/mol. The van der Waals surface area contributed by atoms with Gasteiger partial charge in [0.15, 0.2) is 0 Å². The maximum absolute atomic E-state index is 5.27. The van der Waals surface area contributed by atoms with E-state index in [4.69, 9.17) is 4.42 Å². The molecule has 18 heavy (non-hydrogen) atoms. The van der Waals surface area contributed by atoms with Crippen LogP contribution in [0.2, 0.25) is 0 Å². The molecule has 0 radical (unpaired) electrons. The highest BCUT2D eigenvalue weighted by molar-refractivity contribution is 7.98. The van der Waals surface area contributed by atoms with Crippen molar-refractivity contribution in [3.8, 4) is 0 Å². The molecule has 0 aliphatic rings. The smallest absolute Gasteiger partial charge is 0.256 e. The van der Waals surface area contributed by atoms with Crippen LogP contribution in [0.15, 0.2) is 22.0 Å². The number of oxazole rings is 1. The Morgan fingerprint density at radius 2 is 2.06 bits per heavy atom. The highest BCUT2D eigenvalue weighted by atomic mass is 32.2. The number of aromatic nitrogens is 3. The summed E-state index contributed by atoms with van der Waals surface area (Å²) in [6.45, 7) is 6.76. The lowest BCUT2D eigenvalue weighted by Gasteiger charge is -2.05. The molecule has 96 valence electrons. The van der Waals surface area contributed by atoms with E-state index in [1.807, 2.05) is 26.8 Å². The van der Waals surface area contributed by atoms with Gasteiger partial charge in [-0.25, -0.2) is 15.0 Å². The molecule has 0 fully saturated rings. The molecular formula is C12H16N4OS. The van der Waals surface area contributed by atoms with Crippen molar-refractivity contribution in [2.75, 3.05) is 11.9 Å². The molecule has 2 aromatic heterocycles. The van der Waals surface area contributed by atoms with Crippen LogP contribution in [0.1, 0.15) is 24.1 Å². The Bertz CT molecular complexity index is 527. The van der Waals surface area contributed by atoms with E-state index >= 15 is 0 Å². The van der Waals surface area contributed by atoms with Crippen LogP contribution in [0, 0.1) is 13.8 Å². The van der Waals surface area contributed by atoms with Gasteiger partial charge in [-0.3, -0.25) is 0 Å². The molecule has 5 nitrogen and oxygen atoms in total. The van der Waals surface area contributed by atoms with Crippen molar-refractivity contribution in [3.05, 3.63) is 29.5 Å². The van der Waals surface area contributed by atoms with Crippen LogP contribution < -0.4 is 5.32 Å². The Balaban J connectivity index is 2.04. The summed E-state index contributed by atoms with van der Waals surface area (Å²) in [6, 6.07) is 1.94. The number of aryl methyl sites for hydroxylation is 2. The fourth-order valence-electron chi connectivity index (χ4n) is 1.49. The van der Waals surface area contributed by atoms with Crippen molar-refractivity contribution in [1.29, 1.82) is 0 Å². The predicted octanol–water partition coefficient (Wildman–Crippen LogP) is 2.81. The highest BCUT2D eigenvalue weighted by Crippen LogP contribution is 2.21. The van der Waals surface area contributed by atoms with Crippen LogP contribution in [-0.2, 0) is 5.75 Å². The van der Waals surface area contributed by atoms with Crippen LogP contribution in [0.3, 0.4) is 0 Å². The summed E-state index contributed by atoms with van der Waals surface area (Å²) < 4.78 is 5.27. The summed E-state index contributed by atoms with van der Waals surface area (Å²) in [4.78, 5) is 13.1. The number of hydrogen-bond acceptors (Lipinski definition) is 6. The summed E-state index contributed by atoms with van der Waals surface area (Å²) in [6.07, 6.45) is 1.64. The molecule has 2 heterocycles. The van der Waals surface area contributed by atoms with Crippen LogP contribution in [0.25, 0.3) is 0 Å². The Hall–Kier alpha value is -1.56. The molecule has 0 amide bonds. The largest absolute Gasteiger partial charge is 0.440 e. The SMILES string of the molecule is CCNc1cc(C)nc(CSc2nc(C)co2)n1. The molecule has 0 saturated heterocycles. The van der Waals surface area contributed by atoms with Crippen LogP contribution in [0.5, 0.6) is 0 Å². The molecule has 2 rings (SSSR count). The number of nitrogens with one attached hydrogen (secondary N) is 1. The molecule has 2 aromatic rings. The minimum absolute atomic E-state index is 0.653. The standard InChI is InChI=1S/C12H16N4OS/c1-4-13-10-5-8(2)14-11(16-10)7-18-12-15-9(3)6-17-12/h5-6H,4,7H2,1-3H3,(H,13,14,16). The van der Waals surface area contributed by atoms with Crippen molar-refractivity contribution >= 4 is 17.6 Å². The third-order valence-electron chi connectivity index (χ3n) is 2.18. The fourth-order valence-corrected chi connectivity index (χ4v) is 2.20. The summed E-state index contributed by atoms with van der Waals surface area (Å²) in [5.74, 6) is 2.30. The molecule has 0 saturated carbocycles. The van der Waals surface area contributed by atoms with Crippen molar-refractivity contribution in [2.45, 2.75) is 31.7 Å². The van der Waals surface area contributed by atoms with Crippen molar-refractivity contribution in [1.82, 2.24) is 15.0 Å². The first-order valence-corrected chi connectivity index (χ1v) is 6.79.